The molecule has 0 radical (unpaired) electrons. The van der Waals surface area contributed by atoms with E-state index in [0.717, 1.165) is 11.1 Å². The summed E-state index contributed by atoms with van der Waals surface area (Å²) >= 11 is 0. The summed E-state index contributed by atoms with van der Waals surface area (Å²) in [5, 5.41) is 15.8. The minimum Gasteiger partial charge on any atom is -0.506 e. The molecule has 4 aromatic rings. The highest BCUT2D eigenvalue weighted by atomic mass is 16.3. The predicted octanol–water partition coefficient (Wildman–Crippen LogP) is 2.60. The number of imidazole rings is 1. The zero-order valence-corrected chi connectivity index (χ0v) is 14.9. The summed E-state index contributed by atoms with van der Waals surface area (Å²) in [7, 11) is 0. The fourth-order valence-electron chi connectivity index (χ4n) is 2.85. The first-order valence-electron chi connectivity index (χ1n) is 8.72. The quantitative estimate of drug-likeness (QED) is 0.412. The van der Waals surface area contributed by atoms with Crippen LogP contribution >= 0.6 is 0 Å². The molecule has 4 N–H and O–H groups in total. The summed E-state index contributed by atoms with van der Waals surface area (Å²) in [6, 6.07) is 12.4. The summed E-state index contributed by atoms with van der Waals surface area (Å²) in [5.74, 6) is 0.569. The van der Waals surface area contributed by atoms with Crippen molar-refractivity contribution in [1.82, 2.24) is 25.3 Å². The van der Waals surface area contributed by atoms with Crippen molar-refractivity contribution in [2.75, 3.05) is 5.32 Å². The van der Waals surface area contributed by atoms with Gasteiger partial charge in [-0.3, -0.25) is 9.78 Å². The van der Waals surface area contributed by atoms with Crippen LogP contribution in [-0.4, -0.2) is 30.9 Å². The van der Waals surface area contributed by atoms with Crippen LogP contribution in [0.25, 0.3) is 11.0 Å². The number of hydrogen-bond donors (Lipinski definition) is 4. The second kappa shape index (κ2) is 7.75. The van der Waals surface area contributed by atoms with Gasteiger partial charge in [0.2, 0.25) is 0 Å². The van der Waals surface area contributed by atoms with E-state index in [-0.39, 0.29) is 11.7 Å². The molecule has 0 saturated heterocycles. The number of pyridine rings is 2. The number of nitrogens with one attached hydrogen (secondary N) is 3. The second-order valence-corrected chi connectivity index (χ2v) is 6.16. The van der Waals surface area contributed by atoms with Crippen LogP contribution in [0.15, 0.2) is 61.2 Å². The van der Waals surface area contributed by atoms with Gasteiger partial charge in [0.1, 0.15) is 22.8 Å². The lowest BCUT2D eigenvalue weighted by Crippen LogP contribution is -2.23. The first-order chi connectivity index (χ1) is 13.7. The van der Waals surface area contributed by atoms with Crippen molar-refractivity contribution in [1.29, 1.82) is 0 Å². The Morgan fingerprint density at radius 1 is 1.04 bits per heavy atom. The van der Waals surface area contributed by atoms with Crippen molar-refractivity contribution in [2.24, 2.45) is 0 Å². The number of H-pyrrole nitrogens is 1. The van der Waals surface area contributed by atoms with Crippen LogP contribution in [0.3, 0.4) is 0 Å². The van der Waals surface area contributed by atoms with Gasteiger partial charge < -0.3 is 20.7 Å². The Hall–Kier alpha value is -3.94. The molecule has 0 unspecified atom stereocenters. The third-order valence-corrected chi connectivity index (χ3v) is 4.27. The van der Waals surface area contributed by atoms with Crippen LogP contribution < -0.4 is 10.6 Å². The van der Waals surface area contributed by atoms with Gasteiger partial charge in [0.05, 0.1) is 24.0 Å². The number of benzene rings is 1. The average molecular weight is 374 g/mol. The highest BCUT2D eigenvalue weighted by Crippen LogP contribution is 2.16. The molecule has 0 spiro atoms. The summed E-state index contributed by atoms with van der Waals surface area (Å²) in [6.45, 7) is 0.697. The number of hydrogen-bond acceptors (Lipinski definition) is 6. The predicted molar refractivity (Wildman–Crippen MR) is 105 cm³/mol. The van der Waals surface area contributed by atoms with Gasteiger partial charge in [-0.1, -0.05) is 6.07 Å². The normalized spacial score (nSPS) is 10.7. The highest BCUT2D eigenvalue weighted by molar-refractivity contribution is 6.04. The van der Waals surface area contributed by atoms with Crippen molar-refractivity contribution in [2.45, 2.75) is 13.1 Å². The van der Waals surface area contributed by atoms with Gasteiger partial charge >= 0.3 is 0 Å². The monoisotopic (exact) mass is 374 g/mol. The summed E-state index contributed by atoms with van der Waals surface area (Å²) in [4.78, 5) is 28.1. The topological polar surface area (TPSA) is 116 Å². The number of aromatic amines is 1. The SMILES string of the molecule is O=C(NCc1ccnc(NCc2ncccc2O)c1)c1cccc2[nH]cnc12. The van der Waals surface area contributed by atoms with E-state index in [1.165, 1.54) is 0 Å². The van der Waals surface area contributed by atoms with Gasteiger partial charge in [-0.15, -0.1) is 0 Å². The number of carbonyl (C=O) groups is 1. The van der Waals surface area contributed by atoms with Gasteiger partial charge in [-0.05, 0) is 42.0 Å². The Morgan fingerprint density at radius 3 is 2.86 bits per heavy atom. The van der Waals surface area contributed by atoms with Crippen LogP contribution in [-0.2, 0) is 13.1 Å². The smallest absolute Gasteiger partial charge is 0.253 e. The number of aromatic hydroxyl groups is 1. The molecule has 0 atom stereocenters. The number of rotatable bonds is 6. The van der Waals surface area contributed by atoms with E-state index in [1.807, 2.05) is 24.3 Å². The first kappa shape index (κ1) is 17.5. The van der Waals surface area contributed by atoms with Gasteiger partial charge in [-0.2, -0.15) is 0 Å². The molecule has 0 saturated carbocycles. The molecule has 4 rings (SSSR count). The lowest BCUT2D eigenvalue weighted by molar-refractivity contribution is 0.0952. The molecule has 3 aromatic heterocycles. The minimum absolute atomic E-state index is 0.131. The molecule has 0 aliphatic heterocycles. The number of fused-ring (bicyclic) bond motifs is 1. The minimum atomic E-state index is -0.192. The first-order valence-corrected chi connectivity index (χ1v) is 8.72. The molecule has 0 bridgehead atoms. The van der Waals surface area contributed by atoms with Crippen molar-refractivity contribution in [3.05, 3.63) is 78.0 Å². The second-order valence-electron chi connectivity index (χ2n) is 6.16. The van der Waals surface area contributed by atoms with Crippen molar-refractivity contribution in [3.63, 3.8) is 0 Å². The maximum absolute atomic E-state index is 12.5. The standard InChI is InChI=1S/C20H18N6O2/c27-17-5-2-7-21-16(17)11-23-18-9-13(6-8-22-18)10-24-20(28)14-3-1-4-15-19(14)26-12-25-15/h1-9,12,27H,10-11H2,(H,22,23)(H,24,28)(H,25,26). The third kappa shape index (κ3) is 3.75. The summed E-state index contributed by atoms with van der Waals surface area (Å²) < 4.78 is 0. The molecule has 0 fully saturated rings. The Morgan fingerprint density at radius 2 is 1.96 bits per heavy atom. The number of para-hydroxylation sites is 1. The number of carbonyl (C=O) groups excluding carboxylic acids is 1. The van der Waals surface area contributed by atoms with E-state index in [4.69, 9.17) is 0 Å². The van der Waals surface area contributed by atoms with E-state index in [9.17, 15) is 9.90 Å². The molecular formula is C20H18N6O2. The molecule has 0 aliphatic carbocycles. The zero-order valence-electron chi connectivity index (χ0n) is 14.9. The van der Waals surface area contributed by atoms with E-state index in [1.54, 1.807) is 36.9 Å². The maximum atomic E-state index is 12.5. The van der Waals surface area contributed by atoms with Crippen LogP contribution in [0.1, 0.15) is 21.6 Å². The number of nitrogens with zero attached hydrogens (tertiary/aromatic N) is 3. The highest BCUT2D eigenvalue weighted by Gasteiger charge is 2.11. The number of anilines is 1. The van der Waals surface area contributed by atoms with Gasteiger partial charge in [0, 0.05) is 18.9 Å². The fourth-order valence-corrected chi connectivity index (χ4v) is 2.85. The molecule has 1 aromatic carbocycles. The molecule has 140 valence electrons. The summed E-state index contributed by atoms with van der Waals surface area (Å²) in [5.41, 5.74) is 3.42. The van der Waals surface area contributed by atoms with Crippen molar-refractivity contribution >= 4 is 22.8 Å². The molecule has 28 heavy (non-hydrogen) atoms. The maximum Gasteiger partial charge on any atom is 0.253 e. The fraction of sp³-hybridized carbons (Fsp3) is 0.100. The lowest BCUT2D eigenvalue weighted by Gasteiger charge is -2.09. The molecule has 3 heterocycles. The van der Waals surface area contributed by atoms with Crippen molar-refractivity contribution < 1.29 is 9.90 Å². The molecule has 8 nitrogen and oxygen atoms in total. The average Bonchev–Trinajstić information content (AvgIpc) is 3.21. The van der Waals surface area contributed by atoms with E-state index in [0.29, 0.717) is 35.7 Å². The zero-order chi connectivity index (χ0) is 19.3. The number of aromatic nitrogens is 4. The molecule has 1 amide bonds. The van der Waals surface area contributed by atoms with Crippen LogP contribution in [0.2, 0.25) is 0 Å². The van der Waals surface area contributed by atoms with Crippen LogP contribution in [0, 0.1) is 0 Å². The van der Waals surface area contributed by atoms with Gasteiger partial charge in [-0.25, -0.2) is 9.97 Å². The molecule has 0 aliphatic rings. The largest absolute Gasteiger partial charge is 0.506 e. The van der Waals surface area contributed by atoms with Crippen LogP contribution in [0.4, 0.5) is 5.82 Å². The van der Waals surface area contributed by atoms with E-state index < -0.39 is 0 Å². The molecule has 8 heteroatoms. The van der Waals surface area contributed by atoms with Gasteiger partial charge in [0.25, 0.3) is 5.91 Å². The van der Waals surface area contributed by atoms with E-state index in [2.05, 4.69) is 30.6 Å². The van der Waals surface area contributed by atoms with Gasteiger partial charge in [0.15, 0.2) is 0 Å². The third-order valence-electron chi connectivity index (χ3n) is 4.27. The van der Waals surface area contributed by atoms with Crippen LogP contribution in [0.5, 0.6) is 5.75 Å². The number of amides is 1. The van der Waals surface area contributed by atoms with E-state index >= 15 is 0 Å². The summed E-state index contributed by atoms with van der Waals surface area (Å²) in [6.07, 6.45) is 4.86. The Kier molecular flexibility index (Phi) is 4.83. The Labute approximate surface area is 160 Å². The Bertz CT molecular complexity index is 1120. The van der Waals surface area contributed by atoms with Crippen molar-refractivity contribution in [3.8, 4) is 5.75 Å². The lowest BCUT2D eigenvalue weighted by atomic mass is 10.1. The Balaban J connectivity index is 1.40. The molecular weight excluding hydrogens is 356 g/mol.